The fraction of sp³-hybridized carbons (Fsp3) is 0.455. The zero-order valence-electron chi connectivity index (χ0n) is 9.48. The van der Waals surface area contributed by atoms with Gasteiger partial charge < -0.3 is 5.11 Å². The summed E-state index contributed by atoms with van der Waals surface area (Å²) < 4.78 is 36.9. The van der Waals surface area contributed by atoms with E-state index in [0.29, 0.717) is 5.56 Å². The van der Waals surface area contributed by atoms with Gasteiger partial charge in [0.05, 0.1) is 13.2 Å². The van der Waals surface area contributed by atoms with Gasteiger partial charge in [-0.05, 0) is 17.7 Å². The summed E-state index contributed by atoms with van der Waals surface area (Å²) in [5, 5.41) is 17.4. The molecule has 0 aliphatic carbocycles. The first kappa shape index (κ1) is 14.4. The van der Waals surface area contributed by atoms with Crippen LogP contribution in [0.15, 0.2) is 18.3 Å². The highest BCUT2D eigenvalue weighted by Gasteiger charge is 2.30. The SMILES string of the molecule is N#Cc1cc(CN(CCO)CC(F)(F)F)ccn1. The van der Waals surface area contributed by atoms with E-state index in [9.17, 15) is 13.2 Å². The first-order valence-electron chi connectivity index (χ1n) is 5.19. The van der Waals surface area contributed by atoms with Crippen LogP contribution in [0.5, 0.6) is 0 Å². The average Bonchev–Trinajstić information content (AvgIpc) is 2.27. The molecule has 0 amide bonds. The van der Waals surface area contributed by atoms with Gasteiger partial charge in [-0.15, -0.1) is 0 Å². The molecule has 0 bridgehead atoms. The van der Waals surface area contributed by atoms with Gasteiger partial charge in [0.1, 0.15) is 11.8 Å². The predicted molar refractivity (Wildman–Crippen MR) is 57.4 cm³/mol. The number of halogens is 3. The van der Waals surface area contributed by atoms with Crippen LogP contribution < -0.4 is 0 Å². The number of nitriles is 1. The van der Waals surface area contributed by atoms with Gasteiger partial charge >= 0.3 is 6.18 Å². The number of rotatable bonds is 5. The maximum absolute atomic E-state index is 12.3. The molecule has 0 aromatic carbocycles. The summed E-state index contributed by atoms with van der Waals surface area (Å²) in [6.45, 7) is -1.52. The van der Waals surface area contributed by atoms with Crippen molar-refractivity contribution in [2.24, 2.45) is 0 Å². The Kier molecular flexibility index (Phi) is 5.07. The molecule has 18 heavy (non-hydrogen) atoms. The Morgan fingerprint density at radius 1 is 1.44 bits per heavy atom. The van der Waals surface area contributed by atoms with E-state index in [0.717, 1.165) is 4.90 Å². The number of pyridine rings is 1. The topological polar surface area (TPSA) is 60.2 Å². The minimum Gasteiger partial charge on any atom is -0.395 e. The molecule has 0 saturated carbocycles. The zero-order valence-corrected chi connectivity index (χ0v) is 9.48. The monoisotopic (exact) mass is 259 g/mol. The second-order valence-electron chi connectivity index (χ2n) is 3.71. The first-order valence-corrected chi connectivity index (χ1v) is 5.19. The van der Waals surface area contributed by atoms with Gasteiger partial charge in [-0.25, -0.2) is 4.98 Å². The van der Waals surface area contributed by atoms with Gasteiger partial charge in [0.15, 0.2) is 0 Å². The maximum atomic E-state index is 12.3. The summed E-state index contributed by atoms with van der Waals surface area (Å²) in [6.07, 6.45) is -2.95. The van der Waals surface area contributed by atoms with Gasteiger partial charge in [-0.3, -0.25) is 4.90 Å². The fourth-order valence-electron chi connectivity index (χ4n) is 1.50. The number of aliphatic hydroxyl groups excluding tert-OH is 1. The standard InChI is InChI=1S/C11H12F3N3O/c12-11(13,14)8-17(3-4-18)7-9-1-2-16-10(5-9)6-15/h1-2,5,18H,3-4,7-8H2. The third-order valence-corrected chi connectivity index (χ3v) is 2.16. The van der Waals surface area contributed by atoms with Gasteiger partial charge in [0.25, 0.3) is 0 Å². The number of hydrogen-bond donors (Lipinski definition) is 1. The minimum atomic E-state index is -4.32. The minimum absolute atomic E-state index is 0.0112. The van der Waals surface area contributed by atoms with Crippen LogP contribution in [0.2, 0.25) is 0 Å². The molecule has 1 aromatic rings. The van der Waals surface area contributed by atoms with Crippen molar-refractivity contribution >= 4 is 0 Å². The molecule has 4 nitrogen and oxygen atoms in total. The molecule has 1 N–H and O–H groups in total. The van der Waals surface area contributed by atoms with Crippen LogP contribution in [0.1, 0.15) is 11.3 Å². The van der Waals surface area contributed by atoms with E-state index in [1.165, 1.54) is 12.3 Å². The highest BCUT2D eigenvalue weighted by atomic mass is 19.4. The van der Waals surface area contributed by atoms with E-state index in [4.69, 9.17) is 10.4 Å². The molecule has 1 aromatic heterocycles. The maximum Gasteiger partial charge on any atom is 0.401 e. The molecule has 7 heteroatoms. The van der Waals surface area contributed by atoms with Gasteiger partial charge in [-0.1, -0.05) is 0 Å². The molecule has 0 atom stereocenters. The van der Waals surface area contributed by atoms with E-state index in [1.807, 2.05) is 6.07 Å². The van der Waals surface area contributed by atoms with Crippen molar-refractivity contribution in [2.75, 3.05) is 19.7 Å². The van der Waals surface area contributed by atoms with E-state index in [1.54, 1.807) is 6.07 Å². The summed E-state index contributed by atoms with van der Waals surface area (Å²) >= 11 is 0. The molecule has 1 heterocycles. The summed E-state index contributed by atoms with van der Waals surface area (Å²) in [5.74, 6) is 0. The normalized spacial score (nSPS) is 11.6. The lowest BCUT2D eigenvalue weighted by molar-refractivity contribution is -0.147. The summed E-state index contributed by atoms with van der Waals surface area (Å²) in [6, 6.07) is 4.79. The van der Waals surface area contributed by atoms with Gasteiger partial charge in [0, 0.05) is 19.3 Å². The Hall–Kier alpha value is -1.65. The Balaban J connectivity index is 2.73. The molecule has 0 saturated heterocycles. The van der Waals surface area contributed by atoms with Crippen LogP contribution in [-0.2, 0) is 6.54 Å². The van der Waals surface area contributed by atoms with Crippen molar-refractivity contribution in [3.8, 4) is 6.07 Å². The number of hydrogen-bond acceptors (Lipinski definition) is 4. The van der Waals surface area contributed by atoms with Crippen molar-refractivity contribution in [1.29, 1.82) is 5.26 Å². The molecule has 0 radical (unpaired) electrons. The van der Waals surface area contributed by atoms with E-state index in [2.05, 4.69) is 4.98 Å². The van der Waals surface area contributed by atoms with Crippen LogP contribution >= 0.6 is 0 Å². The molecule has 0 fully saturated rings. The Bertz CT molecular complexity index is 428. The highest BCUT2D eigenvalue weighted by Crippen LogP contribution is 2.18. The lowest BCUT2D eigenvalue weighted by Gasteiger charge is -2.22. The molecule has 0 aliphatic rings. The Morgan fingerprint density at radius 3 is 2.72 bits per heavy atom. The molecular weight excluding hydrogens is 247 g/mol. The fourth-order valence-corrected chi connectivity index (χ4v) is 1.50. The van der Waals surface area contributed by atoms with Crippen LogP contribution in [0, 0.1) is 11.3 Å². The van der Waals surface area contributed by atoms with Gasteiger partial charge in [-0.2, -0.15) is 18.4 Å². The van der Waals surface area contributed by atoms with Crippen LogP contribution in [-0.4, -0.2) is 40.9 Å². The first-order chi connectivity index (χ1) is 8.44. The van der Waals surface area contributed by atoms with E-state index < -0.39 is 12.7 Å². The average molecular weight is 259 g/mol. The van der Waals surface area contributed by atoms with Crippen LogP contribution in [0.25, 0.3) is 0 Å². The lowest BCUT2D eigenvalue weighted by Crippen LogP contribution is -2.35. The summed E-state index contributed by atoms with van der Waals surface area (Å²) in [4.78, 5) is 4.80. The lowest BCUT2D eigenvalue weighted by atomic mass is 10.2. The molecule has 0 aliphatic heterocycles. The second kappa shape index (κ2) is 6.33. The largest absolute Gasteiger partial charge is 0.401 e. The van der Waals surface area contributed by atoms with E-state index in [-0.39, 0.29) is 25.4 Å². The second-order valence-corrected chi connectivity index (χ2v) is 3.71. The third kappa shape index (κ3) is 5.12. The predicted octanol–water partition coefficient (Wildman–Crippen LogP) is 1.31. The molecule has 0 spiro atoms. The summed E-state index contributed by atoms with van der Waals surface area (Å²) in [7, 11) is 0. The third-order valence-electron chi connectivity index (χ3n) is 2.16. The van der Waals surface area contributed by atoms with Gasteiger partial charge in [0.2, 0.25) is 0 Å². The van der Waals surface area contributed by atoms with Crippen molar-refractivity contribution in [3.63, 3.8) is 0 Å². The molecule has 98 valence electrons. The number of nitrogens with zero attached hydrogens (tertiary/aromatic N) is 3. The van der Waals surface area contributed by atoms with Crippen molar-refractivity contribution < 1.29 is 18.3 Å². The number of alkyl halides is 3. The van der Waals surface area contributed by atoms with Crippen molar-refractivity contribution in [3.05, 3.63) is 29.6 Å². The smallest absolute Gasteiger partial charge is 0.395 e. The van der Waals surface area contributed by atoms with Crippen molar-refractivity contribution in [1.82, 2.24) is 9.88 Å². The quantitative estimate of drug-likeness (QED) is 0.866. The number of aliphatic hydroxyl groups is 1. The Labute approximate surface area is 102 Å². The van der Waals surface area contributed by atoms with Crippen molar-refractivity contribution in [2.45, 2.75) is 12.7 Å². The Morgan fingerprint density at radius 2 is 2.17 bits per heavy atom. The summed E-state index contributed by atoms with van der Waals surface area (Å²) in [5.41, 5.74) is 0.711. The van der Waals surface area contributed by atoms with Crippen LogP contribution in [0.3, 0.4) is 0 Å². The zero-order chi connectivity index (χ0) is 13.6. The highest BCUT2D eigenvalue weighted by molar-refractivity contribution is 5.25. The number of aromatic nitrogens is 1. The molecule has 0 unspecified atom stereocenters. The molecular formula is C11H12F3N3O. The van der Waals surface area contributed by atoms with Crippen LogP contribution in [0.4, 0.5) is 13.2 Å². The molecule has 1 rings (SSSR count). The van der Waals surface area contributed by atoms with E-state index >= 15 is 0 Å².